The highest BCUT2D eigenvalue weighted by molar-refractivity contribution is 6.26. The molecule has 1 unspecified atom stereocenters. The van der Waals surface area contributed by atoms with Crippen molar-refractivity contribution < 1.29 is 0 Å². The topological polar surface area (TPSA) is 0 Å². The third-order valence-corrected chi connectivity index (χ3v) is 5.34. The van der Waals surface area contributed by atoms with Crippen molar-refractivity contribution in [2.24, 2.45) is 11.3 Å². The van der Waals surface area contributed by atoms with Crippen molar-refractivity contribution in [3.63, 3.8) is 0 Å². The number of alkyl halides is 1. The van der Waals surface area contributed by atoms with Crippen molar-refractivity contribution in [3.8, 4) is 11.8 Å². The fourth-order valence-electron chi connectivity index (χ4n) is 2.69. The van der Waals surface area contributed by atoms with Gasteiger partial charge in [-0.25, -0.2) is 0 Å². The van der Waals surface area contributed by atoms with Gasteiger partial charge in [-0.1, -0.05) is 38.0 Å². The third kappa shape index (κ3) is 2.40. The Labute approximate surface area is 105 Å². The first-order valence-corrected chi connectivity index (χ1v) is 7.19. The van der Waals surface area contributed by atoms with Crippen molar-refractivity contribution in [2.45, 2.75) is 70.1 Å². The Hall–Kier alpha value is -0.150. The molecule has 16 heavy (non-hydrogen) atoms. The first-order chi connectivity index (χ1) is 7.60. The van der Waals surface area contributed by atoms with Gasteiger partial charge in [0.2, 0.25) is 0 Å². The monoisotopic (exact) mass is 238 g/mol. The van der Waals surface area contributed by atoms with Crippen LogP contribution < -0.4 is 0 Å². The molecule has 1 heteroatoms. The number of hydrogen-bond donors (Lipinski definition) is 0. The summed E-state index contributed by atoms with van der Waals surface area (Å²) in [4.78, 5) is 0.00339. The molecule has 2 fully saturated rings. The summed E-state index contributed by atoms with van der Waals surface area (Å²) in [5.41, 5.74) is 0.0476. The van der Waals surface area contributed by atoms with E-state index in [-0.39, 0.29) is 10.3 Å². The molecule has 0 radical (unpaired) electrons. The summed E-state index contributed by atoms with van der Waals surface area (Å²) >= 11 is 6.57. The highest BCUT2D eigenvalue weighted by Crippen LogP contribution is 2.56. The van der Waals surface area contributed by atoms with E-state index in [2.05, 4.69) is 25.7 Å². The Morgan fingerprint density at radius 2 is 1.88 bits per heavy atom. The molecule has 2 saturated carbocycles. The van der Waals surface area contributed by atoms with Gasteiger partial charge in [0.15, 0.2) is 0 Å². The Kier molecular flexibility index (Phi) is 3.55. The second kappa shape index (κ2) is 4.61. The van der Waals surface area contributed by atoms with Crippen LogP contribution in [0.4, 0.5) is 0 Å². The number of halogens is 1. The second-order valence-electron chi connectivity index (χ2n) is 5.76. The minimum absolute atomic E-state index is 0.00339. The first kappa shape index (κ1) is 12.3. The maximum atomic E-state index is 6.57. The van der Waals surface area contributed by atoms with E-state index in [0.717, 1.165) is 19.3 Å². The van der Waals surface area contributed by atoms with Crippen molar-refractivity contribution in [3.05, 3.63) is 0 Å². The zero-order valence-corrected chi connectivity index (χ0v) is 11.4. The third-order valence-electron chi connectivity index (χ3n) is 4.54. The lowest BCUT2D eigenvalue weighted by Gasteiger charge is -2.28. The molecule has 0 saturated heterocycles. The molecule has 2 rings (SSSR count). The maximum Gasteiger partial charge on any atom is 0.0610 e. The summed E-state index contributed by atoms with van der Waals surface area (Å²) in [6.45, 7) is 4.47. The minimum atomic E-state index is 0.00339. The van der Waals surface area contributed by atoms with E-state index in [1.165, 1.54) is 32.1 Å². The van der Waals surface area contributed by atoms with E-state index in [4.69, 9.17) is 11.6 Å². The molecule has 0 heterocycles. The van der Waals surface area contributed by atoms with Crippen LogP contribution in [0.2, 0.25) is 0 Å². The molecule has 2 aliphatic rings. The van der Waals surface area contributed by atoms with Crippen LogP contribution in [-0.4, -0.2) is 4.87 Å². The fraction of sp³-hybridized carbons (Fsp3) is 0.867. The lowest BCUT2D eigenvalue weighted by Crippen LogP contribution is -2.27. The highest BCUT2D eigenvalue weighted by Gasteiger charge is 2.54. The lowest BCUT2D eigenvalue weighted by atomic mass is 9.81. The Bertz CT molecular complexity index is 299. The molecular weight excluding hydrogens is 216 g/mol. The van der Waals surface area contributed by atoms with Crippen LogP contribution >= 0.6 is 11.6 Å². The zero-order chi connectivity index (χ0) is 11.6. The van der Waals surface area contributed by atoms with E-state index in [1.807, 2.05) is 0 Å². The van der Waals surface area contributed by atoms with E-state index >= 15 is 0 Å². The summed E-state index contributed by atoms with van der Waals surface area (Å²) in [6.07, 6.45) is 10.1. The van der Waals surface area contributed by atoms with Crippen LogP contribution in [0.15, 0.2) is 0 Å². The van der Waals surface area contributed by atoms with Crippen LogP contribution in [-0.2, 0) is 0 Å². The second-order valence-corrected chi connectivity index (χ2v) is 6.48. The molecule has 2 aliphatic carbocycles. The maximum absolute atomic E-state index is 6.57. The molecule has 0 nitrogen and oxygen atoms in total. The molecular formula is C15H23Cl. The molecule has 0 N–H and O–H groups in total. The molecule has 0 aromatic carbocycles. The van der Waals surface area contributed by atoms with Crippen molar-refractivity contribution in [1.29, 1.82) is 0 Å². The Morgan fingerprint density at radius 1 is 1.25 bits per heavy atom. The van der Waals surface area contributed by atoms with Gasteiger partial charge >= 0.3 is 0 Å². The van der Waals surface area contributed by atoms with Gasteiger partial charge in [0.25, 0.3) is 0 Å². The van der Waals surface area contributed by atoms with E-state index in [9.17, 15) is 0 Å². The van der Waals surface area contributed by atoms with Crippen molar-refractivity contribution in [1.82, 2.24) is 0 Å². The lowest BCUT2D eigenvalue weighted by molar-refractivity contribution is 0.388. The van der Waals surface area contributed by atoms with Gasteiger partial charge in [0, 0.05) is 11.3 Å². The molecule has 0 spiro atoms. The first-order valence-electron chi connectivity index (χ1n) is 6.81. The van der Waals surface area contributed by atoms with E-state index < -0.39 is 0 Å². The van der Waals surface area contributed by atoms with Crippen LogP contribution in [0, 0.1) is 23.2 Å². The predicted octanol–water partition coefficient (Wildman–Crippen LogP) is 4.76. The summed E-state index contributed by atoms with van der Waals surface area (Å²) in [7, 11) is 0. The van der Waals surface area contributed by atoms with E-state index in [1.54, 1.807) is 0 Å². The largest absolute Gasteiger partial charge is 0.118 e. The minimum Gasteiger partial charge on any atom is -0.118 e. The van der Waals surface area contributed by atoms with Gasteiger partial charge in [-0.15, -0.1) is 11.6 Å². The van der Waals surface area contributed by atoms with Gasteiger partial charge in [0.1, 0.15) is 0 Å². The highest BCUT2D eigenvalue weighted by atomic mass is 35.5. The zero-order valence-electron chi connectivity index (χ0n) is 10.6. The Morgan fingerprint density at radius 3 is 2.38 bits per heavy atom. The van der Waals surface area contributed by atoms with Gasteiger partial charge in [-0.3, -0.25) is 0 Å². The summed E-state index contributed by atoms with van der Waals surface area (Å²) in [6, 6.07) is 0. The van der Waals surface area contributed by atoms with Gasteiger partial charge in [-0.2, -0.15) is 0 Å². The average molecular weight is 239 g/mol. The van der Waals surface area contributed by atoms with Crippen LogP contribution in [0.25, 0.3) is 0 Å². The van der Waals surface area contributed by atoms with Crippen molar-refractivity contribution >= 4 is 11.6 Å². The molecule has 90 valence electrons. The molecule has 1 atom stereocenters. The molecule has 0 aromatic heterocycles. The Balaban J connectivity index is 2.03. The fourth-order valence-corrected chi connectivity index (χ4v) is 2.96. The molecule has 0 bridgehead atoms. The standard InChI is InChI=1S/C15H23Cl/c1-3-14(2,15(16)11-12-15)10-9-13-7-5-4-6-8-13/h13H,3-8,11-12H2,1-2H3. The summed E-state index contributed by atoms with van der Waals surface area (Å²) in [5, 5.41) is 0. The van der Waals surface area contributed by atoms with Crippen LogP contribution in [0.1, 0.15) is 65.2 Å². The number of hydrogen-bond acceptors (Lipinski definition) is 0. The molecule has 0 aromatic rings. The number of rotatable bonds is 2. The van der Waals surface area contributed by atoms with Crippen LogP contribution in [0.3, 0.4) is 0 Å². The summed E-state index contributed by atoms with van der Waals surface area (Å²) < 4.78 is 0. The smallest absolute Gasteiger partial charge is 0.0610 e. The van der Waals surface area contributed by atoms with Crippen molar-refractivity contribution in [2.75, 3.05) is 0 Å². The van der Waals surface area contributed by atoms with Gasteiger partial charge < -0.3 is 0 Å². The predicted molar refractivity (Wildman–Crippen MR) is 70.6 cm³/mol. The van der Waals surface area contributed by atoms with Gasteiger partial charge in [-0.05, 0) is 39.0 Å². The molecule has 0 amide bonds. The van der Waals surface area contributed by atoms with E-state index in [0.29, 0.717) is 5.92 Å². The average Bonchev–Trinajstić information content (AvgIpc) is 3.07. The van der Waals surface area contributed by atoms with Gasteiger partial charge in [0.05, 0.1) is 4.87 Å². The summed E-state index contributed by atoms with van der Waals surface area (Å²) in [5.74, 6) is 7.71. The van der Waals surface area contributed by atoms with Crippen LogP contribution in [0.5, 0.6) is 0 Å². The quantitative estimate of drug-likeness (QED) is 0.481. The normalized spacial score (nSPS) is 27.7. The SMILES string of the molecule is CCC(C)(C#CC1CCCCC1)C1(Cl)CC1. The molecule has 0 aliphatic heterocycles.